The Bertz CT molecular complexity index is 380. The Hall–Kier alpha value is -1.30. The van der Waals surface area contributed by atoms with Gasteiger partial charge in [0.2, 0.25) is 0 Å². The van der Waals surface area contributed by atoms with E-state index < -0.39 is 0 Å². The van der Waals surface area contributed by atoms with E-state index in [1.54, 1.807) is 0 Å². The minimum absolute atomic E-state index is 1.09. The minimum Gasteiger partial charge on any atom is -0.0690 e. The van der Waals surface area contributed by atoms with Crippen LogP contribution in [0.4, 0.5) is 0 Å². The highest BCUT2D eigenvalue weighted by Crippen LogP contribution is 2.26. The molecule has 1 aromatic carbocycles. The summed E-state index contributed by atoms with van der Waals surface area (Å²) in [5.74, 6) is 0. The predicted octanol–water partition coefficient (Wildman–Crippen LogP) is 3.90. The molecule has 0 N–H and O–H groups in total. The molecule has 0 nitrogen and oxygen atoms in total. The third kappa shape index (κ3) is 1.95. The summed E-state index contributed by atoms with van der Waals surface area (Å²) in [5, 5.41) is 0. The Morgan fingerprint density at radius 1 is 1.07 bits per heavy atom. The van der Waals surface area contributed by atoms with Crippen molar-refractivity contribution in [2.75, 3.05) is 0 Å². The van der Waals surface area contributed by atoms with Gasteiger partial charge in [-0.1, -0.05) is 47.6 Å². The van der Waals surface area contributed by atoms with Crippen LogP contribution >= 0.6 is 0 Å². The van der Waals surface area contributed by atoms with E-state index in [4.69, 9.17) is 0 Å². The van der Waals surface area contributed by atoms with E-state index in [-0.39, 0.29) is 0 Å². The second kappa shape index (κ2) is 3.83. The predicted molar refractivity (Wildman–Crippen MR) is 61.2 cm³/mol. The number of hydrogen-bond donors (Lipinski definition) is 0. The van der Waals surface area contributed by atoms with E-state index in [0.717, 1.165) is 6.42 Å². The third-order valence-electron chi connectivity index (χ3n) is 2.75. The fraction of sp³-hybridized carbons (Fsp3) is 0.286. The summed E-state index contributed by atoms with van der Waals surface area (Å²) in [4.78, 5) is 0. The highest BCUT2D eigenvalue weighted by atomic mass is 14.1. The lowest BCUT2D eigenvalue weighted by Crippen LogP contribution is -1.87. The van der Waals surface area contributed by atoms with Gasteiger partial charge < -0.3 is 0 Å². The van der Waals surface area contributed by atoms with E-state index in [0.29, 0.717) is 0 Å². The number of benzene rings is 1. The van der Waals surface area contributed by atoms with Crippen molar-refractivity contribution in [3.05, 3.63) is 58.7 Å². The lowest BCUT2D eigenvalue weighted by atomic mass is 10.0. The average Bonchev–Trinajstić information content (AvgIpc) is 2.47. The van der Waals surface area contributed by atoms with Crippen molar-refractivity contribution in [3.63, 3.8) is 0 Å². The molecule has 0 saturated heterocycles. The maximum atomic E-state index is 2.34. The summed E-state index contributed by atoms with van der Waals surface area (Å²) in [5.41, 5.74) is 5.95. The minimum atomic E-state index is 1.09. The summed E-state index contributed by atoms with van der Waals surface area (Å²) in [6.07, 6.45) is 4.59. The normalized spacial score (nSPS) is 16.0. The Morgan fingerprint density at radius 2 is 1.79 bits per heavy atom. The fourth-order valence-electron chi connectivity index (χ4n) is 2.02. The second-order valence-corrected chi connectivity index (χ2v) is 4.14. The monoisotopic (exact) mass is 184 g/mol. The van der Waals surface area contributed by atoms with Gasteiger partial charge in [0.1, 0.15) is 0 Å². The zero-order chi connectivity index (χ0) is 9.97. The summed E-state index contributed by atoms with van der Waals surface area (Å²) in [6.45, 7) is 4.45. The molecule has 1 aliphatic carbocycles. The molecule has 0 atom stereocenters. The first-order valence-electron chi connectivity index (χ1n) is 5.15. The number of allylic oxidation sites excluding steroid dienone is 4. The van der Waals surface area contributed by atoms with Crippen LogP contribution in [-0.4, -0.2) is 0 Å². The number of hydrogen-bond acceptors (Lipinski definition) is 0. The molecule has 0 spiro atoms. The summed E-state index contributed by atoms with van der Waals surface area (Å²) in [7, 11) is 0. The van der Waals surface area contributed by atoms with Crippen LogP contribution in [0, 0.1) is 0 Å². The van der Waals surface area contributed by atoms with Gasteiger partial charge in [-0.25, -0.2) is 0 Å². The molecule has 0 saturated carbocycles. The maximum Gasteiger partial charge on any atom is -0.00262 e. The van der Waals surface area contributed by atoms with E-state index in [9.17, 15) is 0 Å². The average molecular weight is 184 g/mol. The Balaban J connectivity index is 2.16. The molecule has 0 aromatic heterocycles. The zero-order valence-electron chi connectivity index (χ0n) is 8.88. The van der Waals surface area contributed by atoms with Gasteiger partial charge in [-0.05, 0) is 37.8 Å². The van der Waals surface area contributed by atoms with Crippen molar-refractivity contribution in [1.82, 2.24) is 0 Å². The van der Waals surface area contributed by atoms with Gasteiger partial charge in [0.25, 0.3) is 0 Å². The molecule has 0 amide bonds. The summed E-state index contributed by atoms with van der Waals surface area (Å²) >= 11 is 0. The molecule has 14 heavy (non-hydrogen) atoms. The van der Waals surface area contributed by atoms with Gasteiger partial charge in [0, 0.05) is 0 Å². The van der Waals surface area contributed by atoms with E-state index >= 15 is 0 Å². The highest BCUT2D eigenvalue weighted by Gasteiger charge is 2.09. The van der Waals surface area contributed by atoms with Gasteiger partial charge in [0.15, 0.2) is 0 Å². The highest BCUT2D eigenvalue weighted by molar-refractivity contribution is 5.40. The Morgan fingerprint density at radius 3 is 2.36 bits per heavy atom. The third-order valence-corrected chi connectivity index (χ3v) is 2.75. The van der Waals surface area contributed by atoms with Crippen LogP contribution in [-0.2, 0) is 6.42 Å². The van der Waals surface area contributed by atoms with Crippen LogP contribution in [0.3, 0.4) is 0 Å². The molecule has 0 bridgehead atoms. The van der Waals surface area contributed by atoms with Gasteiger partial charge >= 0.3 is 0 Å². The van der Waals surface area contributed by atoms with Crippen molar-refractivity contribution >= 4 is 0 Å². The van der Waals surface area contributed by atoms with Gasteiger partial charge in [-0.2, -0.15) is 0 Å². The summed E-state index contributed by atoms with van der Waals surface area (Å²) < 4.78 is 0. The van der Waals surface area contributed by atoms with Gasteiger partial charge in [0.05, 0.1) is 0 Å². The van der Waals surface area contributed by atoms with Crippen LogP contribution < -0.4 is 0 Å². The van der Waals surface area contributed by atoms with Crippen LogP contribution in [0.25, 0.3) is 0 Å². The fourth-order valence-corrected chi connectivity index (χ4v) is 2.02. The maximum absolute atomic E-state index is 2.34. The quantitative estimate of drug-likeness (QED) is 0.654. The van der Waals surface area contributed by atoms with Gasteiger partial charge in [-0.3, -0.25) is 0 Å². The SMILES string of the molecule is CC1=CC(Cc2ccccc2)=C(C)C1. The first-order chi connectivity index (χ1) is 6.75. The molecule has 0 unspecified atom stereocenters. The standard InChI is InChI=1S/C14H16/c1-11-8-12(2)14(9-11)10-13-6-4-3-5-7-13/h3-7,9H,8,10H2,1-2H3. The summed E-state index contributed by atoms with van der Waals surface area (Å²) in [6, 6.07) is 10.7. The van der Waals surface area contributed by atoms with Crippen molar-refractivity contribution in [3.8, 4) is 0 Å². The lowest BCUT2D eigenvalue weighted by Gasteiger charge is -2.02. The van der Waals surface area contributed by atoms with Crippen molar-refractivity contribution in [1.29, 1.82) is 0 Å². The number of rotatable bonds is 2. The molecule has 2 rings (SSSR count). The van der Waals surface area contributed by atoms with Crippen LogP contribution in [0.5, 0.6) is 0 Å². The molecule has 0 heterocycles. The molecule has 0 radical (unpaired) electrons. The Kier molecular flexibility index (Phi) is 2.53. The van der Waals surface area contributed by atoms with Crippen LogP contribution in [0.15, 0.2) is 53.1 Å². The molecular formula is C14H16. The molecule has 0 aliphatic heterocycles. The topological polar surface area (TPSA) is 0 Å². The molecule has 1 aliphatic rings. The lowest BCUT2D eigenvalue weighted by molar-refractivity contribution is 1.11. The van der Waals surface area contributed by atoms with Crippen molar-refractivity contribution in [2.24, 2.45) is 0 Å². The van der Waals surface area contributed by atoms with E-state index in [1.807, 2.05) is 0 Å². The van der Waals surface area contributed by atoms with Crippen molar-refractivity contribution in [2.45, 2.75) is 26.7 Å². The molecule has 72 valence electrons. The first-order valence-corrected chi connectivity index (χ1v) is 5.15. The first kappa shape index (κ1) is 9.26. The molecule has 0 heteroatoms. The molecule has 0 fully saturated rings. The van der Waals surface area contributed by atoms with Crippen molar-refractivity contribution < 1.29 is 0 Å². The smallest absolute Gasteiger partial charge is 0.00262 e. The largest absolute Gasteiger partial charge is 0.0690 e. The second-order valence-electron chi connectivity index (χ2n) is 4.14. The van der Waals surface area contributed by atoms with Gasteiger partial charge in [-0.15, -0.1) is 0 Å². The van der Waals surface area contributed by atoms with Crippen LogP contribution in [0.2, 0.25) is 0 Å². The zero-order valence-corrected chi connectivity index (χ0v) is 8.88. The van der Waals surface area contributed by atoms with Crippen LogP contribution in [0.1, 0.15) is 25.8 Å². The van der Waals surface area contributed by atoms with E-state index in [2.05, 4.69) is 50.3 Å². The molecule has 1 aromatic rings. The molecular weight excluding hydrogens is 168 g/mol. The van der Waals surface area contributed by atoms with E-state index in [1.165, 1.54) is 28.7 Å². The Labute approximate surface area is 86.0 Å².